The first-order valence-corrected chi connectivity index (χ1v) is 11.0. The SMILES string of the molecule is CC1CCc2ncccc2[C@H]1Nc1ncc(C(=O)N2CCC3(CCOCC3)C2)cn1. The van der Waals surface area contributed by atoms with Gasteiger partial charge in [0, 0.05) is 50.6 Å². The van der Waals surface area contributed by atoms with Gasteiger partial charge in [-0.1, -0.05) is 13.0 Å². The molecule has 158 valence electrons. The molecule has 1 N–H and O–H groups in total. The molecule has 2 fully saturated rings. The molecule has 1 aliphatic carbocycles. The van der Waals surface area contributed by atoms with Gasteiger partial charge in [-0.05, 0) is 55.1 Å². The first-order chi connectivity index (χ1) is 14.6. The van der Waals surface area contributed by atoms with E-state index in [0.717, 1.165) is 64.1 Å². The van der Waals surface area contributed by atoms with Crippen LogP contribution >= 0.6 is 0 Å². The molecular formula is C23H29N5O2. The quantitative estimate of drug-likeness (QED) is 0.841. The van der Waals surface area contributed by atoms with E-state index in [9.17, 15) is 4.79 Å². The Bertz CT molecular complexity index is 910. The van der Waals surface area contributed by atoms with Crippen molar-refractivity contribution in [3.05, 3.63) is 47.5 Å². The molecule has 2 aromatic rings. The summed E-state index contributed by atoms with van der Waals surface area (Å²) in [6.45, 7) is 5.49. The van der Waals surface area contributed by atoms with E-state index in [4.69, 9.17) is 4.74 Å². The van der Waals surface area contributed by atoms with Gasteiger partial charge in [0.1, 0.15) is 0 Å². The third kappa shape index (κ3) is 3.67. The summed E-state index contributed by atoms with van der Waals surface area (Å²) in [5, 5.41) is 3.47. The van der Waals surface area contributed by atoms with Crippen LogP contribution in [-0.4, -0.2) is 52.1 Å². The predicted octanol–water partition coefficient (Wildman–Crippen LogP) is 3.25. The van der Waals surface area contributed by atoms with Crippen molar-refractivity contribution in [3.63, 3.8) is 0 Å². The van der Waals surface area contributed by atoms with Crippen LogP contribution in [0, 0.1) is 11.3 Å². The van der Waals surface area contributed by atoms with Crippen LogP contribution in [0.1, 0.15) is 60.3 Å². The Morgan fingerprint density at radius 3 is 2.80 bits per heavy atom. The van der Waals surface area contributed by atoms with Gasteiger partial charge in [-0.15, -0.1) is 0 Å². The lowest BCUT2D eigenvalue weighted by molar-refractivity contribution is 0.0191. The first kappa shape index (κ1) is 19.4. The van der Waals surface area contributed by atoms with Crippen LogP contribution in [-0.2, 0) is 11.2 Å². The van der Waals surface area contributed by atoms with Crippen molar-refractivity contribution < 1.29 is 9.53 Å². The number of carbonyl (C=O) groups is 1. The highest BCUT2D eigenvalue weighted by atomic mass is 16.5. The number of aromatic nitrogens is 3. The van der Waals surface area contributed by atoms with Crippen LogP contribution < -0.4 is 5.32 Å². The third-order valence-corrected chi connectivity index (χ3v) is 7.13. The Hall–Kier alpha value is -2.54. The number of fused-ring (bicyclic) bond motifs is 1. The van der Waals surface area contributed by atoms with Crippen molar-refractivity contribution >= 4 is 11.9 Å². The largest absolute Gasteiger partial charge is 0.381 e. The molecule has 2 aliphatic heterocycles. The van der Waals surface area contributed by atoms with Crippen LogP contribution in [0.3, 0.4) is 0 Å². The number of hydrogen-bond donors (Lipinski definition) is 1. The number of likely N-dealkylation sites (tertiary alicyclic amines) is 1. The zero-order valence-electron chi connectivity index (χ0n) is 17.5. The molecule has 30 heavy (non-hydrogen) atoms. The van der Waals surface area contributed by atoms with Crippen LogP contribution in [0.4, 0.5) is 5.95 Å². The summed E-state index contributed by atoms with van der Waals surface area (Å²) in [6.07, 6.45) is 10.4. The van der Waals surface area contributed by atoms with E-state index in [1.54, 1.807) is 12.4 Å². The molecule has 7 heteroatoms. The van der Waals surface area contributed by atoms with Crippen molar-refractivity contribution in [2.24, 2.45) is 11.3 Å². The van der Waals surface area contributed by atoms with Gasteiger partial charge < -0.3 is 15.0 Å². The lowest BCUT2D eigenvalue weighted by Gasteiger charge is -2.33. The number of aryl methyl sites for hydroxylation is 1. The monoisotopic (exact) mass is 407 g/mol. The number of carbonyl (C=O) groups excluding carboxylic acids is 1. The first-order valence-electron chi connectivity index (χ1n) is 11.0. The van der Waals surface area contributed by atoms with E-state index >= 15 is 0 Å². The Morgan fingerprint density at radius 2 is 2.00 bits per heavy atom. The molecule has 5 rings (SSSR count). The second-order valence-corrected chi connectivity index (χ2v) is 9.06. The summed E-state index contributed by atoms with van der Waals surface area (Å²) >= 11 is 0. The van der Waals surface area contributed by atoms with Gasteiger partial charge in [0.15, 0.2) is 0 Å². The molecule has 4 heterocycles. The van der Waals surface area contributed by atoms with E-state index in [1.807, 2.05) is 17.2 Å². The van der Waals surface area contributed by atoms with Gasteiger partial charge in [-0.2, -0.15) is 0 Å². The Balaban J connectivity index is 1.27. The normalized spacial score (nSPS) is 25.2. The molecule has 3 aliphatic rings. The fraction of sp³-hybridized carbons (Fsp3) is 0.565. The molecule has 1 amide bonds. The van der Waals surface area contributed by atoms with Gasteiger partial charge in [0.05, 0.1) is 11.6 Å². The second-order valence-electron chi connectivity index (χ2n) is 9.06. The molecule has 0 bridgehead atoms. The molecule has 0 saturated carbocycles. The van der Waals surface area contributed by atoms with E-state index in [2.05, 4.69) is 33.3 Å². The summed E-state index contributed by atoms with van der Waals surface area (Å²) in [7, 11) is 0. The minimum atomic E-state index is 0.0329. The maximum absolute atomic E-state index is 13.0. The number of pyridine rings is 1. The lowest BCUT2D eigenvalue weighted by atomic mass is 9.80. The molecule has 1 spiro atoms. The summed E-state index contributed by atoms with van der Waals surface area (Å²) in [4.78, 5) is 28.4. The molecule has 2 saturated heterocycles. The number of rotatable bonds is 3. The molecular weight excluding hydrogens is 378 g/mol. The van der Waals surface area contributed by atoms with E-state index < -0.39 is 0 Å². The van der Waals surface area contributed by atoms with E-state index in [1.165, 1.54) is 5.56 Å². The summed E-state index contributed by atoms with van der Waals surface area (Å²) in [5.41, 5.74) is 3.17. The molecule has 2 atom stereocenters. The Labute approximate surface area is 177 Å². The average Bonchev–Trinajstić information content (AvgIpc) is 3.19. The fourth-order valence-electron chi connectivity index (χ4n) is 5.16. The van der Waals surface area contributed by atoms with E-state index in [-0.39, 0.29) is 17.4 Å². The number of anilines is 1. The second kappa shape index (κ2) is 7.95. The number of nitrogens with one attached hydrogen (secondary N) is 1. The van der Waals surface area contributed by atoms with Gasteiger partial charge in [0.2, 0.25) is 5.95 Å². The Kier molecular flexibility index (Phi) is 5.15. The predicted molar refractivity (Wildman–Crippen MR) is 113 cm³/mol. The number of hydrogen-bond acceptors (Lipinski definition) is 6. The topological polar surface area (TPSA) is 80.2 Å². The maximum Gasteiger partial charge on any atom is 0.257 e. The summed E-state index contributed by atoms with van der Waals surface area (Å²) < 4.78 is 5.51. The summed E-state index contributed by atoms with van der Waals surface area (Å²) in [6, 6.07) is 4.25. The highest BCUT2D eigenvalue weighted by Crippen LogP contribution is 2.40. The van der Waals surface area contributed by atoms with Gasteiger partial charge >= 0.3 is 0 Å². The maximum atomic E-state index is 13.0. The highest BCUT2D eigenvalue weighted by molar-refractivity contribution is 5.94. The van der Waals surface area contributed by atoms with Crippen LogP contribution in [0.15, 0.2) is 30.7 Å². The molecule has 1 unspecified atom stereocenters. The fourth-order valence-corrected chi connectivity index (χ4v) is 5.16. The average molecular weight is 408 g/mol. The standard InChI is InChI=1S/C23H29N5O2/c1-16-4-5-19-18(3-2-9-24-19)20(16)27-22-25-13-17(14-26-22)21(29)28-10-6-23(15-28)7-11-30-12-8-23/h2-3,9,13-14,16,20H,4-8,10-12,15H2,1H3,(H,25,26,27)/t16?,20-/m0/s1. The minimum absolute atomic E-state index is 0.0329. The third-order valence-electron chi connectivity index (χ3n) is 7.13. The van der Waals surface area contributed by atoms with Crippen molar-refractivity contribution in [2.45, 2.75) is 45.1 Å². The molecule has 0 radical (unpaired) electrons. The number of nitrogens with zero attached hydrogens (tertiary/aromatic N) is 4. The Morgan fingerprint density at radius 1 is 1.20 bits per heavy atom. The van der Waals surface area contributed by atoms with E-state index in [0.29, 0.717) is 17.4 Å². The van der Waals surface area contributed by atoms with Crippen molar-refractivity contribution in [1.29, 1.82) is 0 Å². The number of amides is 1. The van der Waals surface area contributed by atoms with Crippen LogP contribution in [0.2, 0.25) is 0 Å². The van der Waals surface area contributed by atoms with Crippen molar-refractivity contribution in [3.8, 4) is 0 Å². The molecule has 7 nitrogen and oxygen atoms in total. The van der Waals surface area contributed by atoms with Gasteiger partial charge in [-0.25, -0.2) is 9.97 Å². The van der Waals surface area contributed by atoms with Gasteiger partial charge in [0.25, 0.3) is 5.91 Å². The highest BCUT2D eigenvalue weighted by Gasteiger charge is 2.41. The van der Waals surface area contributed by atoms with Crippen molar-refractivity contribution in [2.75, 3.05) is 31.6 Å². The number of ether oxygens (including phenoxy) is 1. The molecule has 2 aromatic heterocycles. The minimum Gasteiger partial charge on any atom is -0.381 e. The van der Waals surface area contributed by atoms with Gasteiger partial charge in [-0.3, -0.25) is 9.78 Å². The van der Waals surface area contributed by atoms with Crippen LogP contribution in [0.5, 0.6) is 0 Å². The van der Waals surface area contributed by atoms with Crippen molar-refractivity contribution in [1.82, 2.24) is 19.9 Å². The molecule has 0 aromatic carbocycles. The summed E-state index contributed by atoms with van der Waals surface area (Å²) in [5.74, 6) is 1.06. The smallest absolute Gasteiger partial charge is 0.257 e. The van der Waals surface area contributed by atoms with Crippen LogP contribution in [0.25, 0.3) is 0 Å². The zero-order chi connectivity index (χ0) is 20.6. The zero-order valence-corrected chi connectivity index (χ0v) is 17.5. The lowest BCUT2D eigenvalue weighted by Crippen LogP contribution is -2.35.